The van der Waals surface area contributed by atoms with Gasteiger partial charge in [-0.25, -0.2) is 0 Å². The first-order valence-electron chi connectivity index (χ1n) is 47.4. The van der Waals surface area contributed by atoms with Gasteiger partial charge in [0.15, 0.2) is 0 Å². The Morgan fingerprint density at radius 2 is 0.225 bits per heavy atom. The van der Waals surface area contributed by atoms with Gasteiger partial charge in [0.2, 0.25) is 0 Å². The zero-order chi connectivity index (χ0) is 91.1. The molecule has 0 radical (unpaired) electrons. The molecule has 0 atom stereocenters. The second-order valence-electron chi connectivity index (χ2n) is 35.8. The molecule has 0 aliphatic carbocycles. The van der Waals surface area contributed by atoms with Crippen molar-refractivity contribution in [3.8, 4) is 112 Å². The van der Waals surface area contributed by atoms with Crippen molar-refractivity contribution in [3.05, 3.63) is 534 Å². The summed E-state index contributed by atoms with van der Waals surface area (Å²) in [6.07, 6.45) is 0. The van der Waals surface area contributed by atoms with Crippen LogP contribution in [-0.2, 0) is 0 Å². The Kier molecular flexibility index (Phi) is 19.9. The Bertz CT molecular complexity index is 9320. The Balaban J connectivity index is 0.000000107. The monoisotopic (exact) mass is 1760 g/mol. The van der Waals surface area contributed by atoms with E-state index in [4.69, 9.17) is 0 Å². The van der Waals surface area contributed by atoms with E-state index >= 15 is 0 Å². The Hall–Kier alpha value is -18.4. The molecule has 0 bridgehead atoms. The van der Waals surface area contributed by atoms with Crippen molar-refractivity contribution in [2.45, 2.75) is 0 Å². The number of fused-ring (bicyclic) bond motifs is 18. The quantitative estimate of drug-likeness (QED) is 0.110. The standard InChI is InChI=1S/C48H32N2.2C42H28N2/c1-3-11-33(12-4-1)35-19-25-39(26-20-35)49-45-17-9-7-15-41(45)43-31-37(23-29-47(43)49)38-24-30-48-44(32-38)42-16-8-10-18-46(42)50(48)40-27-21-36(22-28-40)34-13-5-2-6-14-34;1-3-12-29(13-4-1)30-14-11-17-34(26-30)44-40-21-10-8-19-36(40)38-28-32(23-25-42(38)44)31-22-24-41-37(27-31)35-18-7-9-20-39(35)43(41)33-15-5-2-6-16-33;1-3-11-29(12-4-1)30-19-23-34(24-20-30)44-40-18-10-8-16-36(40)38-28-32(22-26-42(38)44)31-21-25-41-37(27-31)35-15-7-9-17-39(35)43(41)33-13-5-2-6-14-33/h1-32H;2*1-28H. The molecule has 28 aromatic rings. The molecule has 0 fully saturated rings. The molecular formula is C132H88N6. The molecule has 6 heteroatoms. The van der Waals surface area contributed by atoms with Crippen LogP contribution in [0.25, 0.3) is 243 Å². The normalized spacial score (nSPS) is 11.6. The number of aromatic nitrogens is 6. The summed E-state index contributed by atoms with van der Waals surface area (Å²) in [5.41, 5.74) is 38.7. The van der Waals surface area contributed by atoms with Gasteiger partial charge >= 0.3 is 0 Å². The number of benzene rings is 22. The highest BCUT2D eigenvalue weighted by atomic mass is 15.0. The molecule has 0 saturated heterocycles. The van der Waals surface area contributed by atoms with E-state index in [1.54, 1.807) is 0 Å². The summed E-state index contributed by atoms with van der Waals surface area (Å²) in [5, 5.41) is 15.1. The van der Waals surface area contributed by atoms with Gasteiger partial charge in [0.1, 0.15) is 0 Å². The SMILES string of the molecule is c1ccc(-c2ccc(-n3c4ccccc4c4cc(-c5ccc6c(c5)c5ccccc5n6-c5ccc(-c6ccccc6)cc5)ccc43)cc2)cc1.c1ccc(-c2ccc(-n3c4ccccc4c4cc(-c5ccc6c(c5)c5ccccc5n6-c5ccccc5)ccc43)cc2)cc1.c1ccc(-c2cccc(-n3c4ccccc4c4cc(-c5ccc6c(c5)c5ccccc5n6-c5ccccc5)ccc43)c2)cc1. The average Bonchev–Trinajstić information content (AvgIpc) is 1.60. The topological polar surface area (TPSA) is 29.6 Å². The highest BCUT2D eigenvalue weighted by molar-refractivity contribution is 6.17. The van der Waals surface area contributed by atoms with E-state index in [-0.39, 0.29) is 0 Å². The number of hydrogen-bond acceptors (Lipinski definition) is 0. The van der Waals surface area contributed by atoms with E-state index < -0.39 is 0 Å². The van der Waals surface area contributed by atoms with Crippen LogP contribution < -0.4 is 0 Å². The lowest BCUT2D eigenvalue weighted by Crippen LogP contribution is -1.94. The smallest absolute Gasteiger partial charge is 0.0541 e. The van der Waals surface area contributed by atoms with E-state index in [0.717, 1.165) is 11.4 Å². The average molecular weight is 1760 g/mol. The maximum Gasteiger partial charge on any atom is 0.0541 e. The number of hydrogen-bond donors (Lipinski definition) is 0. The zero-order valence-electron chi connectivity index (χ0n) is 75.5. The van der Waals surface area contributed by atoms with Gasteiger partial charge in [0.05, 0.1) is 66.2 Å². The van der Waals surface area contributed by atoms with Crippen LogP contribution in [0.4, 0.5) is 0 Å². The van der Waals surface area contributed by atoms with Crippen LogP contribution in [-0.4, -0.2) is 27.4 Å². The third kappa shape index (κ3) is 14.0. The second-order valence-corrected chi connectivity index (χ2v) is 35.8. The summed E-state index contributed by atoms with van der Waals surface area (Å²) in [7, 11) is 0. The van der Waals surface area contributed by atoms with Crippen LogP contribution in [0.15, 0.2) is 534 Å². The van der Waals surface area contributed by atoms with Crippen LogP contribution in [0, 0.1) is 0 Å². The predicted octanol–water partition coefficient (Wildman–Crippen LogP) is 35.3. The maximum absolute atomic E-state index is 2.40. The summed E-state index contributed by atoms with van der Waals surface area (Å²) >= 11 is 0. The lowest BCUT2D eigenvalue weighted by molar-refractivity contribution is 1.18. The largest absolute Gasteiger partial charge is 0.309 e. The van der Waals surface area contributed by atoms with Crippen molar-refractivity contribution in [1.82, 2.24) is 27.4 Å². The van der Waals surface area contributed by atoms with E-state index in [1.165, 1.54) is 231 Å². The van der Waals surface area contributed by atoms with Gasteiger partial charge < -0.3 is 27.4 Å². The summed E-state index contributed by atoms with van der Waals surface area (Å²) < 4.78 is 14.3. The minimum Gasteiger partial charge on any atom is -0.309 e. The first-order chi connectivity index (χ1) is 68.5. The molecule has 6 nitrogen and oxygen atoms in total. The molecule has 28 rings (SSSR count). The second kappa shape index (κ2) is 34.0. The van der Waals surface area contributed by atoms with Crippen molar-refractivity contribution in [2.24, 2.45) is 0 Å². The van der Waals surface area contributed by atoms with Crippen LogP contribution >= 0.6 is 0 Å². The summed E-state index contributed by atoms with van der Waals surface area (Å²) in [6, 6.07) is 193. The molecule has 0 aliphatic rings. The van der Waals surface area contributed by atoms with E-state index in [9.17, 15) is 0 Å². The van der Waals surface area contributed by atoms with Crippen LogP contribution in [0.2, 0.25) is 0 Å². The molecule has 646 valence electrons. The molecule has 0 amide bonds. The van der Waals surface area contributed by atoms with E-state index in [0.29, 0.717) is 0 Å². The third-order valence-electron chi connectivity index (χ3n) is 28.0. The lowest BCUT2D eigenvalue weighted by Gasteiger charge is -2.11. The first-order valence-corrected chi connectivity index (χ1v) is 47.4. The molecular weight excluding hydrogens is 1670 g/mol. The molecule has 0 aliphatic heterocycles. The minimum absolute atomic E-state index is 1.16. The van der Waals surface area contributed by atoms with Gasteiger partial charge in [0.25, 0.3) is 0 Å². The maximum atomic E-state index is 2.40. The van der Waals surface area contributed by atoms with Crippen molar-refractivity contribution in [3.63, 3.8) is 0 Å². The molecule has 22 aromatic carbocycles. The van der Waals surface area contributed by atoms with Gasteiger partial charge in [-0.05, 0) is 260 Å². The van der Waals surface area contributed by atoms with E-state index in [1.807, 2.05) is 0 Å². The fraction of sp³-hybridized carbons (Fsp3) is 0. The first kappa shape index (κ1) is 80.5. The number of nitrogens with zero attached hydrogens (tertiary/aromatic N) is 6. The van der Waals surface area contributed by atoms with Gasteiger partial charge in [-0.2, -0.15) is 0 Å². The number of para-hydroxylation sites is 8. The zero-order valence-corrected chi connectivity index (χ0v) is 75.5. The highest BCUT2D eigenvalue weighted by Crippen LogP contribution is 2.45. The Morgan fingerprint density at radius 1 is 0.0797 bits per heavy atom. The summed E-state index contributed by atoms with van der Waals surface area (Å²) in [6.45, 7) is 0. The van der Waals surface area contributed by atoms with Crippen LogP contribution in [0.5, 0.6) is 0 Å². The highest BCUT2D eigenvalue weighted by Gasteiger charge is 2.23. The molecule has 6 heterocycles. The fourth-order valence-corrected chi connectivity index (χ4v) is 21.5. The minimum atomic E-state index is 1.16. The van der Waals surface area contributed by atoms with Gasteiger partial charge in [-0.3, -0.25) is 0 Å². The molecule has 0 unspecified atom stereocenters. The Labute approximate surface area is 798 Å². The summed E-state index contributed by atoms with van der Waals surface area (Å²) in [5.74, 6) is 0. The van der Waals surface area contributed by atoms with Gasteiger partial charge in [-0.15, -0.1) is 0 Å². The van der Waals surface area contributed by atoms with Crippen LogP contribution in [0.3, 0.4) is 0 Å². The van der Waals surface area contributed by atoms with Gasteiger partial charge in [-0.1, -0.05) is 352 Å². The molecule has 6 aromatic heterocycles. The third-order valence-corrected chi connectivity index (χ3v) is 28.0. The molecule has 0 spiro atoms. The fourth-order valence-electron chi connectivity index (χ4n) is 21.5. The predicted molar refractivity (Wildman–Crippen MR) is 583 cm³/mol. The summed E-state index contributed by atoms with van der Waals surface area (Å²) in [4.78, 5) is 0. The van der Waals surface area contributed by atoms with Gasteiger partial charge in [0, 0.05) is 98.8 Å². The number of rotatable bonds is 13. The van der Waals surface area contributed by atoms with Crippen molar-refractivity contribution >= 4 is 131 Å². The van der Waals surface area contributed by atoms with Crippen molar-refractivity contribution in [1.29, 1.82) is 0 Å². The molecule has 0 N–H and O–H groups in total. The molecule has 0 saturated carbocycles. The molecule has 138 heavy (non-hydrogen) atoms. The van der Waals surface area contributed by atoms with Crippen molar-refractivity contribution < 1.29 is 0 Å². The lowest BCUT2D eigenvalue weighted by atomic mass is 10.0. The van der Waals surface area contributed by atoms with E-state index in [2.05, 4.69) is 561 Å². The van der Waals surface area contributed by atoms with Crippen LogP contribution in [0.1, 0.15) is 0 Å². The van der Waals surface area contributed by atoms with Crippen molar-refractivity contribution in [2.75, 3.05) is 0 Å². The Morgan fingerprint density at radius 3 is 0.457 bits per heavy atom.